The summed E-state index contributed by atoms with van der Waals surface area (Å²) < 4.78 is 8.19. The van der Waals surface area contributed by atoms with Gasteiger partial charge in [-0.1, -0.05) is 133 Å². The van der Waals surface area contributed by atoms with E-state index in [4.69, 9.17) is 9.72 Å². The fraction of sp³-hybridized carbons (Fsp3) is 0.0513. The Morgan fingerprint density at radius 3 is 1.76 bits per heavy atom. The molecule has 1 aromatic heterocycles. The van der Waals surface area contributed by atoms with Crippen LogP contribution in [-0.2, 0) is 12.0 Å². The second kappa shape index (κ2) is 9.90. The molecule has 7 aromatic rings. The minimum Gasteiger partial charge on any atom is -0.459 e. The van der Waals surface area contributed by atoms with E-state index in [0.29, 0.717) is 12.6 Å². The van der Waals surface area contributed by atoms with Crippen LogP contribution in [0, 0.1) is 0 Å². The summed E-state index contributed by atoms with van der Waals surface area (Å²) in [5, 5.41) is 0. The summed E-state index contributed by atoms with van der Waals surface area (Å²) in [5.74, 6) is 0. The molecule has 0 radical (unpaired) electrons. The van der Waals surface area contributed by atoms with Crippen LogP contribution in [0.25, 0.3) is 27.8 Å². The molecule has 0 atom stereocenters. The van der Waals surface area contributed by atoms with Gasteiger partial charge in [0, 0.05) is 5.56 Å². The van der Waals surface area contributed by atoms with Gasteiger partial charge in [-0.15, -0.1) is 0 Å². The van der Waals surface area contributed by atoms with Gasteiger partial charge in [-0.25, -0.2) is 0 Å². The summed E-state index contributed by atoms with van der Waals surface area (Å²) >= 11 is 0. The zero-order chi connectivity index (χ0) is 27.9. The summed E-state index contributed by atoms with van der Waals surface area (Å²) in [5.41, 5.74) is 11.0. The minimum absolute atomic E-state index is 0.494. The molecule has 200 valence electrons. The molecule has 6 aromatic carbocycles. The molecule has 3 nitrogen and oxygen atoms in total. The predicted molar refractivity (Wildman–Crippen MR) is 169 cm³/mol. The van der Waals surface area contributed by atoms with Gasteiger partial charge in [-0.05, 0) is 57.6 Å². The fourth-order valence-electron chi connectivity index (χ4n) is 6.55. The number of hydrogen-bond acceptors (Lipinski definition) is 2. The van der Waals surface area contributed by atoms with E-state index >= 15 is 0 Å². The van der Waals surface area contributed by atoms with E-state index < -0.39 is 5.41 Å². The third-order valence-electron chi connectivity index (χ3n) is 8.46. The summed E-state index contributed by atoms with van der Waals surface area (Å²) in [4.78, 5) is 4.80. The molecule has 0 amide bonds. The second-order valence-electron chi connectivity index (χ2n) is 10.8. The van der Waals surface area contributed by atoms with Gasteiger partial charge >= 0.3 is 6.01 Å². The van der Waals surface area contributed by atoms with Crippen molar-refractivity contribution in [2.75, 3.05) is 0 Å². The Morgan fingerprint density at radius 1 is 0.524 bits per heavy atom. The molecule has 0 fully saturated rings. The van der Waals surface area contributed by atoms with Crippen LogP contribution >= 0.6 is 0 Å². The Bertz CT molecular complexity index is 1930. The number of rotatable bonds is 5. The van der Waals surface area contributed by atoms with Gasteiger partial charge in [-0.2, -0.15) is 4.98 Å². The number of hydrogen-bond donors (Lipinski definition) is 0. The van der Waals surface area contributed by atoms with E-state index in [1.165, 1.54) is 22.3 Å². The number of ether oxygens (including phenoxy) is 1. The molecule has 0 aliphatic carbocycles. The van der Waals surface area contributed by atoms with Crippen LogP contribution in [-0.4, -0.2) is 9.55 Å². The topological polar surface area (TPSA) is 27.1 Å². The lowest BCUT2D eigenvalue weighted by molar-refractivity contribution is 0.265. The summed E-state index contributed by atoms with van der Waals surface area (Å²) in [6, 6.07) is 57.1. The van der Waals surface area contributed by atoms with Gasteiger partial charge in [0.05, 0.1) is 22.1 Å². The van der Waals surface area contributed by atoms with E-state index in [1.807, 2.05) is 0 Å². The zero-order valence-corrected chi connectivity index (χ0v) is 23.0. The highest BCUT2D eigenvalue weighted by Gasteiger charge is 2.38. The lowest BCUT2D eigenvalue weighted by Gasteiger charge is -2.37. The highest BCUT2D eigenvalue weighted by Crippen LogP contribution is 2.46. The molecule has 1 aliphatic heterocycles. The minimum atomic E-state index is -0.494. The van der Waals surface area contributed by atoms with Gasteiger partial charge in [0.15, 0.2) is 0 Å². The van der Waals surface area contributed by atoms with Crippen molar-refractivity contribution >= 4 is 11.0 Å². The molecule has 8 rings (SSSR count). The number of aromatic nitrogens is 2. The molecule has 0 N–H and O–H groups in total. The van der Waals surface area contributed by atoms with Crippen molar-refractivity contribution in [1.29, 1.82) is 0 Å². The maximum absolute atomic E-state index is 6.04. The highest BCUT2D eigenvalue weighted by atomic mass is 16.5. The normalized spacial score (nSPS) is 12.4. The monoisotopic (exact) mass is 540 g/mol. The van der Waals surface area contributed by atoms with Gasteiger partial charge in [0.25, 0.3) is 0 Å². The maximum Gasteiger partial charge on any atom is 0.302 e. The van der Waals surface area contributed by atoms with Crippen LogP contribution in [0.1, 0.15) is 27.8 Å². The van der Waals surface area contributed by atoms with Crippen molar-refractivity contribution in [2.24, 2.45) is 0 Å². The summed E-state index contributed by atoms with van der Waals surface area (Å²) in [6.07, 6.45) is 0. The number of benzene rings is 6. The first-order valence-electron chi connectivity index (χ1n) is 14.3. The highest BCUT2D eigenvalue weighted by molar-refractivity contribution is 5.85. The van der Waals surface area contributed by atoms with Crippen LogP contribution < -0.4 is 4.74 Å². The molecule has 0 unspecified atom stereocenters. The van der Waals surface area contributed by atoms with Crippen LogP contribution in [0.4, 0.5) is 0 Å². The zero-order valence-electron chi connectivity index (χ0n) is 23.0. The average Bonchev–Trinajstić information content (AvgIpc) is 3.45. The van der Waals surface area contributed by atoms with Gasteiger partial charge in [-0.3, -0.25) is 4.57 Å². The van der Waals surface area contributed by atoms with Crippen molar-refractivity contribution < 1.29 is 4.74 Å². The number of nitrogens with zero attached hydrogens (tertiary/aromatic N) is 2. The van der Waals surface area contributed by atoms with Gasteiger partial charge < -0.3 is 4.74 Å². The van der Waals surface area contributed by atoms with Crippen LogP contribution in [0.3, 0.4) is 0 Å². The third kappa shape index (κ3) is 3.78. The molecular formula is C39H28N2O. The second-order valence-corrected chi connectivity index (χ2v) is 10.8. The smallest absolute Gasteiger partial charge is 0.302 e. The van der Waals surface area contributed by atoms with Gasteiger partial charge in [0.1, 0.15) is 6.61 Å². The standard InChI is InChI=1S/C39H28N2O/c1-4-15-31(16-5-1)39(32-17-6-2-7-18-32,33-19-8-3-9-20-33)34-21-12-14-28(25-34)29-23-24-35-37(26-29)41-36-22-11-10-13-30(36)27-42-38(41)40-35/h1-26H,27H2. The average molecular weight is 541 g/mol. The molecule has 0 saturated heterocycles. The third-order valence-corrected chi connectivity index (χ3v) is 8.46. The Labute approximate surface area is 245 Å². The van der Waals surface area contributed by atoms with Crippen LogP contribution in [0.5, 0.6) is 6.01 Å². The first kappa shape index (κ1) is 24.4. The van der Waals surface area contributed by atoms with Gasteiger partial charge in [0.2, 0.25) is 0 Å². The Kier molecular flexibility index (Phi) is 5.75. The van der Waals surface area contributed by atoms with Crippen LogP contribution in [0.2, 0.25) is 0 Å². The molecule has 0 bridgehead atoms. The maximum atomic E-state index is 6.04. The van der Waals surface area contributed by atoms with Crippen LogP contribution in [0.15, 0.2) is 158 Å². The molecule has 1 aliphatic rings. The van der Waals surface area contributed by atoms with E-state index in [2.05, 4.69) is 162 Å². The Hall–Kier alpha value is -5.41. The van der Waals surface area contributed by atoms with E-state index in [0.717, 1.165) is 33.4 Å². The van der Waals surface area contributed by atoms with Crippen molar-refractivity contribution in [3.8, 4) is 22.8 Å². The van der Waals surface area contributed by atoms with Crippen molar-refractivity contribution in [1.82, 2.24) is 9.55 Å². The predicted octanol–water partition coefficient (Wildman–Crippen LogP) is 8.97. The quantitative estimate of drug-likeness (QED) is 0.204. The van der Waals surface area contributed by atoms with E-state index in [1.54, 1.807) is 0 Å². The molecule has 42 heavy (non-hydrogen) atoms. The van der Waals surface area contributed by atoms with Crippen molar-refractivity contribution in [2.45, 2.75) is 12.0 Å². The fourth-order valence-corrected chi connectivity index (χ4v) is 6.55. The first-order chi connectivity index (χ1) is 20.8. The first-order valence-corrected chi connectivity index (χ1v) is 14.3. The molecule has 3 heteroatoms. The van der Waals surface area contributed by atoms with E-state index in [9.17, 15) is 0 Å². The number of fused-ring (bicyclic) bond motifs is 5. The van der Waals surface area contributed by atoms with E-state index in [-0.39, 0.29) is 0 Å². The lowest BCUT2D eigenvalue weighted by atomic mass is 9.65. The SMILES string of the molecule is c1ccc(C(c2ccccc2)(c2ccccc2)c2cccc(-c3ccc4nc5n(c4c3)-c3ccccc3CO5)c2)cc1. The molecule has 2 heterocycles. The largest absolute Gasteiger partial charge is 0.459 e. The summed E-state index contributed by atoms with van der Waals surface area (Å²) in [7, 11) is 0. The Morgan fingerprint density at radius 2 is 1.10 bits per heavy atom. The number of para-hydroxylation sites is 1. The molecular weight excluding hydrogens is 512 g/mol. The summed E-state index contributed by atoms with van der Waals surface area (Å²) in [6.45, 7) is 0.537. The van der Waals surface area contributed by atoms with Crippen molar-refractivity contribution in [3.05, 3.63) is 186 Å². The number of imidazole rings is 1. The molecule has 0 saturated carbocycles. The molecule has 0 spiro atoms. The Balaban J connectivity index is 1.35. The lowest BCUT2D eigenvalue weighted by Crippen LogP contribution is -2.31. The van der Waals surface area contributed by atoms with Crippen molar-refractivity contribution in [3.63, 3.8) is 0 Å².